The van der Waals surface area contributed by atoms with Gasteiger partial charge in [0.05, 0.1) is 5.69 Å². The van der Waals surface area contributed by atoms with Gasteiger partial charge in [-0.2, -0.15) is 0 Å². The topological polar surface area (TPSA) is 32.3 Å². The lowest BCUT2D eigenvalue weighted by molar-refractivity contribution is -0.117. The summed E-state index contributed by atoms with van der Waals surface area (Å²) in [6.45, 7) is 0.273. The number of nitrogens with one attached hydrogen (secondary N) is 1. The maximum atomic E-state index is 11.5. The summed E-state index contributed by atoms with van der Waals surface area (Å²) in [5.41, 5.74) is 3.10. The van der Waals surface area contributed by atoms with Crippen LogP contribution in [0.5, 0.6) is 0 Å². The van der Waals surface area contributed by atoms with Crippen LogP contribution in [0.4, 0.5) is 5.69 Å². The lowest BCUT2D eigenvalue weighted by Crippen LogP contribution is -2.28. The highest BCUT2D eigenvalue weighted by Gasteiger charge is 2.25. The van der Waals surface area contributed by atoms with Crippen molar-refractivity contribution in [3.05, 3.63) is 65.7 Å². The molecule has 0 bridgehead atoms. The van der Waals surface area contributed by atoms with Gasteiger partial charge in [-0.15, -0.1) is 0 Å². The van der Waals surface area contributed by atoms with Gasteiger partial charge in [-0.1, -0.05) is 60.7 Å². The lowest BCUT2D eigenvalue weighted by Gasteiger charge is -2.18. The second-order valence-corrected chi connectivity index (χ2v) is 5.13. The lowest BCUT2D eigenvalue weighted by atomic mass is 10.1. The zero-order valence-electron chi connectivity index (χ0n) is 11.3. The summed E-state index contributed by atoms with van der Waals surface area (Å²) in [5.74, 6) is -0.0677. The zero-order valence-corrected chi connectivity index (χ0v) is 12.1. The van der Waals surface area contributed by atoms with Crippen molar-refractivity contribution in [2.75, 3.05) is 11.4 Å². The Bertz CT molecular complexity index is 710. The summed E-state index contributed by atoms with van der Waals surface area (Å²) in [4.78, 5) is 13.3. The Morgan fingerprint density at radius 1 is 1.00 bits per heavy atom. The Hall–Kier alpha value is -2.46. The number of nitrogens with zero attached hydrogens (tertiary/aromatic N) is 1. The number of hydrogen-bond donors (Lipinski definition) is 1. The molecule has 3 rings (SSSR count). The highest BCUT2D eigenvalue weighted by molar-refractivity contribution is 7.80. The number of rotatable bonds is 3. The van der Waals surface area contributed by atoms with Crippen LogP contribution >= 0.6 is 12.2 Å². The number of thiocarbonyl (C=S) groups is 1. The number of carbonyl (C=O) groups excluding carboxylic acids is 1. The third-order valence-corrected chi connectivity index (χ3v) is 3.60. The fourth-order valence-corrected chi connectivity index (χ4v) is 2.54. The summed E-state index contributed by atoms with van der Waals surface area (Å²) < 4.78 is 0. The SMILES string of the molecule is O=C1CN(c2ccccc2C=Cc2ccccc2)C(=S)N1. The van der Waals surface area contributed by atoms with Gasteiger partial charge in [-0.05, 0) is 29.4 Å². The van der Waals surface area contributed by atoms with Crippen LogP contribution in [0.25, 0.3) is 12.2 Å². The maximum Gasteiger partial charge on any atom is 0.246 e. The summed E-state index contributed by atoms with van der Waals surface area (Å²) in [5, 5.41) is 3.12. The molecular weight excluding hydrogens is 280 g/mol. The minimum Gasteiger partial charge on any atom is -0.309 e. The number of amides is 1. The van der Waals surface area contributed by atoms with Gasteiger partial charge < -0.3 is 10.2 Å². The van der Waals surface area contributed by atoms with Crippen molar-refractivity contribution in [3.63, 3.8) is 0 Å². The first-order valence-corrected chi connectivity index (χ1v) is 7.08. The van der Waals surface area contributed by atoms with E-state index in [0.29, 0.717) is 5.11 Å². The van der Waals surface area contributed by atoms with Crippen molar-refractivity contribution < 1.29 is 4.79 Å². The van der Waals surface area contributed by atoms with E-state index in [1.165, 1.54) is 0 Å². The fraction of sp³-hybridized carbons (Fsp3) is 0.0588. The molecule has 1 heterocycles. The molecule has 3 nitrogen and oxygen atoms in total. The molecule has 1 aliphatic heterocycles. The summed E-state index contributed by atoms with van der Waals surface area (Å²) in [7, 11) is 0. The van der Waals surface area contributed by atoms with E-state index in [9.17, 15) is 4.79 Å². The van der Waals surface area contributed by atoms with Gasteiger partial charge >= 0.3 is 0 Å². The Morgan fingerprint density at radius 3 is 2.43 bits per heavy atom. The molecule has 1 N–H and O–H groups in total. The van der Waals surface area contributed by atoms with Crippen molar-refractivity contribution in [1.82, 2.24) is 5.32 Å². The molecule has 2 aromatic carbocycles. The van der Waals surface area contributed by atoms with Crippen LogP contribution in [0, 0.1) is 0 Å². The monoisotopic (exact) mass is 294 g/mol. The molecule has 0 aromatic heterocycles. The minimum atomic E-state index is -0.0677. The molecule has 0 unspecified atom stereocenters. The van der Waals surface area contributed by atoms with E-state index in [0.717, 1.165) is 16.8 Å². The molecule has 1 fully saturated rings. The van der Waals surface area contributed by atoms with E-state index in [1.54, 1.807) is 0 Å². The number of anilines is 1. The Morgan fingerprint density at radius 2 is 1.71 bits per heavy atom. The van der Waals surface area contributed by atoms with Crippen molar-refractivity contribution >= 4 is 41.1 Å². The first kappa shape index (κ1) is 13.5. The quantitative estimate of drug-likeness (QED) is 0.697. The van der Waals surface area contributed by atoms with E-state index in [1.807, 2.05) is 71.6 Å². The number of hydrogen-bond acceptors (Lipinski definition) is 2. The van der Waals surface area contributed by atoms with E-state index in [2.05, 4.69) is 5.32 Å². The third kappa shape index (κ3) is 3.01. The Labute approximate surface area is 128 Å². The highest BCUT2D eigenvalue weighted by Crippen LogP contribution is 2.24. The van der Waals surface area contributed by atoms with Gasteiger partial charge in [0, 0.05) is 0 Å². The van der Waals surface area contributed by atoms with Crippen LogP contribution in [0.3, 0.4) is 0 Å². The van der Waals surface area contributed by atoms with E-state index >= 15 is 0 Å². The number of benzene rings is 2. The molecule has 104 valence electrons. The highest BCUT2D eigenvalue weighted by atomic mass is 32.1. The molecule has 0 atom stereocenters. The Balaban J connectivity index is 1.92. The average molecular weight is 294 g/mol. The average Bonchev–Trinajstić information content (AvgIpc) is 2.85. The smallest absolute Gasteiger partial charge is 0.246 e. The van der Waals surface area contributed by atoms with Gasteiger partial charge in [0.1, 0.15) is 6.54 Å². The van der Waals surface area contributed by atoms with E-state index in [-0.39, 0.29) is 12.5 Å². The third-order valence-electron chi connectivity index (χ3n) is 3.28. The molecule has 4 heteroatoms. The molecule has 2 aromatic rings. The predicted octanol–water partition coefficient (Wildman–Crippen LogP) is 3.08. The van der Waals surface area contributed by atoms with Crippen LogP contribution in [0.2, 0.25) is 0 Å². The first-order valence-electron chi connectivity index (χ1n) is 6.67. The van der Waals surface area contributed by atoms with Crippen molar-refractivity contribution in [3.8, 4) is 0 Å². The van der Waals surface area contributed by atoms with Gasteiger partial charge in [-0.25, -0.2) is 0 Å². The summed E-state index contributed by atoms with van der Waals surface area (Å²) in [6, 6.07) is 18.0. The fourth-order valence-electron chi connectivity index (χ4n) is 2.26. The number of carbonyl (C=O) groups is 1. The summed E-state index contributed by atoms with van der Waals surface area (Å²) in [6.07, 6.45) is 4.09. The second kappa shape index (κ2) is 5.89. The van der Waals surface area contributed by atoms with Crippen LogP contribution in [0.1, 0.15) is 11.1 Å². The second-order valence-electron chi connectivity index (χ2n) is 4.74. The maximum absolute atomic E-state index is 11.5. The molecule has 21 heavy (non-hydrogen) atoms. The van der Waals surface area contributed by atoms with E-state index < -0.39 is 0 Å². The largest absolute Gasteiger partial charge is 0.309 e. The van der Waals surface area contributed by atoms with Gasteiger partial charge in [0.15, 0.2) is 5.11 Å². The van der Waals surface area contributed by atoms with Gasteiger partial charge in [0.25, 0.3) is 0 Å². The van der Waals surface area contributed by atoms with Gasteiger partial charge in [0.2, 0.25) is 5.91 Å². The molecular formula is C17H14N2OS. The molecule has 0 radical (unpaired) electrons. The van der Waals surface area contributed by atoms with Crippen LogP contribution < -0.4 is 10.2 Å². The Kier molecular flexibility index (Phi) is 3.79. The predicted molar refractivity (Wildman–Crippen MR) is 89.9 cm³/mol. The molecule has 1 amide bonds. The molecule has 0 spiro atoms. The molecule has 0 aliphatic carbocycles. The molecule has 0 saturated carbocycles. The minimum absolute atomic E-state index is 0.0677. The van der Waals surface area contributed by atoms with Gasteiger partial charge in [-0.3, -0.25) is 4.79 Å². The van der Waals surface area contributed by atoms with E-state index in [4.69, 9.17) is 12.2 Å². The molecule has 1 aliphatic rings. The van der Waals surface area contributed by atoms with Crippen molar-refractivity contribution in [1.29, 1.82) is 0 Å². The first-order chi connectivity index (χ1) is 10.2. The molecule has 1 saturated heterocycles. The normalized spacial score (nSPS) is 14.8. The zero-order chi connectivity index (χ0) is 14.7. The summed E-state index contributed by atoms with van der Waals surface area (Å²) >= 11 is 5.21. The van der Waals surface area contributed by atoms with Crippen LogP contribution in [-0.2, 0) is 4.79 Å². The standard InChI is InChI=1S/C17H14N2OS/c20-16-12-19(17(21)18-16)15-9-5-4-8-14(15)11-10-13-6-2-1-3-7-13/h1-11H,12H2,(H,18,20,21). The van der Waals surface area contributed by atoms with Crippen LogP contribution in [0.15, 0.2) is 54.6 Å². The number of para-hydroxylation sites is 1. The van der Waals surface area contributed by atoms with Crippen molar-refractivity contribution in [2.24, 2.45) is 0 Å². The van der Waals surface area contributed by atoms with Crippen LogP contribution in [-0.4, -0.2) is 17.6 Å². The van der Waals surface area contributed by atoms with Crippen molar-refractivity contribution in [2.45, 2.75) is 0 Å².